The molecule has 0 bridgehead atoms. The first-order chi connectivity index (χ1) is 9.62. The fourth-order valence-electron chi connectivity index (χ4n) is 3.26. The molecule has 1 aromatic carbocycles. The molecule has 4 rings (SSSR count). The second-order valence-corrected chi connectivity index (χ2v) is 6.58. The maximum absolute atomic E-state index is 12.2. The van der Waals surface area contributed by atoms with Crippen LogP contribution < -0.4 is 9.74 Å². The number of carbonyl (C=O) groups is 1. The van der Waals surface area contributed by atoms with Crippen molar-refractivity contribution in [1.82, 2.24) is 5.32 Å². The second kappa shape index (κ2) is 4.01. The predicted molar refractivity (Wildman–Crippen MR) is 80.5 cm³/mol. The van der Waals surface area contributed by atoms with Crippen LogP contribution in [0.2, 0.25) is 0 Å². The Morgan fingerprint density at radius 2 is 2.20 bits per heavy atom. The standard InChI is InChI=1S/C16H17ClN2O/c1-10-2-4-13(18-9-10)11-3-5-14-12(8-11)16(6-7-16)15(20)19(14)17/h3-5,8,10,18H,2,6-7,9H2,1H3. The molecule has 1 amide bonds. The lowest BCUT2D eigenvalue weighted by Crippen LogP contribution is -2.24. The lowest BCUT2D eigenvalue weighted by atomic mass is 9.93. The van der Waals surface area contributed by atoms with Crippen LogP contribution in [0.25, 0.3) is 5.70 Å². The molecule has 4 heteroatoms. The van der Waals surface area contributed by atoms with Crippen molar-refractivity contribution in [3.63, 3.8) is 0 Å². The van der Waals surface area contributed by atoms with E-state index in [4.69, 9.17) is 11.8 Å². The molecule has 3 nitrogen and oxygen atoms in total. The number of hydrogen-bond donors (Lipinski definition) is 1. The molecule has 104 valence electrons. The molecule has 3 aliphatic rings. The smallest absolute Gasteiger partial charge is 0.252 e. The molecule has 2 heterocycles. The molecule has 0 radical (unpaired) electrons. The highest BCUT2D eigenvalue weighted by molar-refractivity contribution is 6.40. The number of hydrogen-bond acceptors (Lipinski definition) is 2. The summed E-state index contributed by atoms with van der Waals surface area (Å²) in [7, 11) is 0. The SMILES string of the molecule is CC1CC=C(c2ccc3c(c2)C2(CC2)C(=O)N3Cl)NC1. The van der Waals surface area contributed by atoms with Crippen LogP contribution in [0.1, 0.15) is 37.3 Å². The summed E-state index contributed by atoms with van der Waals surface area (Å²) in [6, 6.07) is 6.18. The number of carbonyl (C=O) groups excluding carboxylic acids is 1. The molecule has 20 heavy (non-hydrogen) atoms. The van der Waals surface area contributed by atoms with Crippen molar-refractivity contribution in [3.8, 4) is 0 Å². The van der Waals surface area contributed by atoms with E-state index in [1.54, 1.807) is 0 Å². The quantitative estimate of drug-likeness (QED) is 0.805. The van der Waals surface area contributed by atoms with E-state index in [2.05, 4.69) is 30.4 Å². The third-order valence-electron chi connectivity index (χ3n) is 4.74. The van der Waals surface area contributed by atoms with Crippen LogP contribution in [-0.4, -0.2) is 12.5 Å². The molecular weight excluding hydrogens is 272 g/mol. The number of fused-ring (bicyclic) bond motifs is 2. The number of anilines is 1. The molecule has 1 saturated carbocycles. The average molecular weight is 289 g/mol. The van der Waals surface area contributed by atoms with Crippen molar-refractivity contribution in [2.24, 2.45) is 5.92 Å². The van der Waals surface area contributed by atoms with E-state index in [1.807, 2.05) is 6.07 Å². The molecule has 0 aromatic heterocycles. The molecule has 1 N–H and O–H groups in total. The van der Waals surface area contributed by atoms with Crippen molar-refractivity contribution in [2.75, 3.05) is 11.0 Å². The van der Waals surface area contributed by atoms with Crippen LogP contribution in [0.5, 0.6) is 0 Å². The Morgan fingerprint density at radius 3 is 2.85 bits per heavy atom. The minimum absolute atomic E-state index is 0.0468. The zero-order valence-corrected chi connectivity index (χ0v) is 12.2. The molecule has 1 atom stereocenters. The Bertz CT molecular complexity index is 633. The van der Waals surface area contributed by atoms with Gasteiger partial charge in [-0.3, -0.25) is 4.79 Å². The normalized spacial score (nSPS) is 26.3. The Hall–Kier alpha value is -1.48. The zero-order chi connectivity index (χ0) is 13.9. The zero-order valence-electron chi connectivity index (χ0n) is 11.4. The topological polar surface area (TPSA) is 32.3 Å². The van der Waals surface area contributed by atoms with Crippen molar-refractivity contribution >= 4 is 29.1 Å². The number of rotatable bonds is 1. The Labute approximate surface area is 123 Å². The van der Waals surface area contributed by atoms with Gasteiger partial charge in [0, 0.05) is 24.0 Å². The van der Waals surface area contributed by atoms with Crippen LogP contribution >= 0.6 is 11.8 Å². The summed E-state index contributed by atoms with van der Waals surface area (Å²) in [5.74, 6) is 0.730. The van der Waals surface area contributed by atoms with Gasteiger partial charge in [0.15, 0.2) is 0 Å². The molecule has 1 fully saturated rings. The lowest BCUT2D eigenvalue weighted by molar-refractivity contribution is -0.119. The van der Waals surface area contributed by atoms with Gasteiger partial charge in [0.1, 0.15) is 0 Å². The maximum atomic E-state index is 12.2. The van der Waals surface area contributed by atoms with E-state index in [-0.39, 0.29) is 11.3 Å². The van der Waals surface area contributed by atoms with Crippen molar-refractivity contribution in [1.29, 1.82) is 0 Å². The molecule has 1 aromatic rings. The largest absolute Gasteiger partial charge is 0.385 e. The fraction of sp³-hybridized carbons (Fsp3) is 0.438. The highest BCUT2D eigenvalue weighted by atomic mass is 35.5. The van der Waals surface area contributed by atoms with Crippen molar-refractivity contribution < 1.29 is 4.79 Å². The Kier molecular flexibility index (Phi) is 2.46. The van der Waals surface area contributed by atoms with Gasteiger partial charge in [-0.05, 0) is 48.4 Å². The summed E-state index contributed by atoms with van der Waals surface area (Å²) in [5, 5.41) is 3.48. The van der Waals surface area contributed by atoms with E-state index < -0.39 is 0 Å². The van der Waals surface area contributed by atoms with Crippen LogP contribution in [0.4, 0.5) is 5.69 Å². The van der Waals surface area contributed by atoms with Crippen LogP contribution in [0.15, 0.2) is 24.3 Å². The van der Waals surface area contributed by atoms with E-state index in [0.29, 0.717) is 5.92 Å². The summed E-state index contributed by atoms with van der Waals surface area (Å²) in [6.07, 6.45) is 5.21. The van der Waals surface area contributed by atoms with Gasteiger partial charge in [0.05, 0.1) is 11.1 Å². The average Bonchev–Trinajstić information content (AvgIpc) is 3.24. The van der Waals surface area contributed by atoms with Gasteiger partial charge < -0.3 is 5.32 Å². The number of halogens is 1. The Balaban J connectivity index is 1.76. The molecule has 2 aliphatic heterocycles. The van der Waals surface area contributed by atoms with Gasteiger partial charge in [-0.2, -0.15) is 0 Å². The molecule has 1 spiro atoms. The number of nitrogens with one attached hydrogen (secondary N) is 1. The number of allylic oxidation sites excluding steroid dienone is 1. The number of nitrogens with zero attached hydrogens (tertiary/aromatic N) is 1. The van der Waals surface area contributed by atoms with E-state index >= 15 is 0 Å². The first kappa shape index (κ1) is 12.3. The van der Waals surface area contributed by atoms with Gasteiger partial charge in [0.25, 0.3) is 5.91 Å². The number of benzene rings is 1. The summed E-state index contributed by atoms with van der Waals surface area (Å²) in [4.78, 5) is 12.2. The molecule has 1 unspecified atom stereocenters. The van der Waals surface area contributed by atoms with Crippen LogP contribution in [0.3, 0.4) is 0 Å². The first-order valence-corrected chi connectivity index (χ1v) is 7.55. The summed E-state index contributed by atoms with van der Waals surface area (Å²) < 4.78 is 1.30. The van der Waals surface area contributed by atoms with E-state index in [1.165, 1.54) is 15.7 Å². The van der Waals surface area contributed by atoms with E-state index in [0.717, 1.165) is 37.1 Å². The minimum Gasteiger partial charge on any atom is -0.385 e. The molecular formula is C16H17ClN2O. The molecule has 0 saturated heterocycles. The first-order valence-electron chi connectivity index (χ1n) is 7.21. The third-order valence-corrected chi connectivity index (χ3v) is 5.07. The highest BCUT2D eigenvalue weighted by Crippen LogP contribution is 2.58. The van der Waals surface area contributed by atoms with Crippen molar-refractivity contribution in [2.45, 2.75) is 31.6 Å². The van der Waals surface area contributed by atoms with E-state index in [9.17, 15) is 4.79 Å². The lowest BCUT2D eigenvalue weighted by Gasteiger charge is -2.21. The van der Waals surface area contributed by atoms with Crippen LogP contribution in [0, 0.1) is 5.92 Å². The predicted octanol–water partition coefficient (Wildman–Crippen LogP) is 3.19. The monoisotopic (exact) mass is 288 g/mol. The fourth-order valence-corrected chi connectivity index (χ4v) is 3.57. The maximum Gasteiger partial charge on any atom is 0.252 e. The van der Waals surface area contributed by atoms with Gasteiger partial charge in [-0.15, -0.1) is 0 Å². The van der Waals surface area contributed by atoms with Gasteiger partial charge in [-0.25, -0.2) is 4.42 Å². The second-order valence-electron chi connectivity index (χ2n) is 6.24. The summed E-state index contributed by atoms with van der Waals surface area (Å²) >= 11 is 6.13. The highest BCUT2D eigenvalue weighted by Gasteiger charge is 2.59. The van der Waals surface area contributed by atoms with Gasteiger partial charge in [0.2, 0.25) is 0 Å². The van der Waals surface area contributed by atoms with Crippen LogP contribution in [-0.2, 0) is 10.2 Å². The minimum atomic E-state index is -0.310. The van der Waals surface area contributed by atoms with Crippen molar-refractivity contribution in [3.05, 3.63) is 35.4 Å². The van der Waals surface area contributed by atoms with Gasteiger partial charge >= 0.3 is 0 Å². The number of amides is 1. The Morgan fingerprint density at radius 1 is 1.40 bits per heavy atom. The molecule has 1 aliphatic carbocycles. The summed E-state index contributed by atoms with van der Waals surface area (Å²) in [6.45, 7) is 3.25. The van der Waals surface area contributed by atoms with Gasteiger partial charge in [-0.1, -0.05) is 19.1 Å². The third kappa shape index (κ3) is 1.56. The summed E-state index contributed by atoms with van der Waals surface area (Å²) in [5.41, 5.74) is 4.01.